The van der Waals surface area contributed by atoms with Crippen molar-refractivity contribution in [3.05, 3.63) is 78.1 Å². The first-order valence-corrected chi connectivity index (χ1v) is 10.7. The zero-order chi connectivity index (χ0) is 22.6. The van der Waals surface area contributed by atoms with Crippen molar-refractivity contribution in [2.24, 2.45) is 0 Å². The van der Waals surface area contributed by atoms with Gasteiger partial charge in [-0.15, -0.1) is 0 Å². The lowest BCUT2D eigenvalue weighted by Gasteiger charge is -2.43. The van der Waals surface area contributed by atoms with Gasteiger partial charge in [0, 0.05) is 30.2 Å². The van der Waals surface area contributed by atoms with Gasteiger partial charge in [-0.25, -0.2) is 9.97 Å². The van der Waals surface area contributed by atoms with Crippen LogP contribution in [0.5, 0.6) is 11.8 Å². The number of nitrogens with one attached hydrogen (secondary N) is 1. The first-order chi connectivity index (χ1) is 15.5. The number of aromatic nitrogens is 2. The highest BCUT2D eigenvalue weighted by molar-refractivity contribution is 6.04. The molecule has 1 aromatic heterocycles. The molecule has 0 radical (unpaired) electrons. The summed E-state index contributed by atoms with van der Waals surface area (Å²) < 4.78 is 5.66. The second-order valence-electron chi connectivity index (χ2n) is 8.12. The van der Waals surface area contributed by atoms with Crippen molar-refractivity contribution < 1.29 is 14.3 Å². The van der Waals surface area contributed by atoms with Crippen LogP contribution >= 0.6 is 0 Å². The van der Waals surface area contributed by atoms with E-state index in [0.717, 1.165) is 18.4 Å². The van der Waals surface area contributed by atoms with Crippen LogP contribution in [0.3, 0.4) is 0 Å². The maximum atomic E-state index is 13.4. The van der Waals surface area contributed by atoms with Crippen molar-refractivity contribution in [2.75, 3.05) is 11.9 Å². The Morgan fingerprint density at radius 2 is 1.78 bits per heavy atom. The molecular formula is C25H26N4O3. The number of piperidine rings is 1. The Labute approximate surface area is 187 Å². The van der Waals surface area contributed by atoms with Gasteiger partial charge < -0.3 is 15.0 Å². The molecule has 0 spiro atoms. The molecule has 0 aliphatic carbocycles. The summed E-state index contributed by atoms with van der Waals surface area (Å²) in [6.07, 6.45) is 5.61. The maximum absolute atomic E-state index is 13.4. The van der Waals surface area contributed by atoms with Crippen molar-refractivity contribution >= 4 is 17.5 Å². The maximum Gasteiger partial charge on any atom is 0.321 e. The molecule has 0 saturated carbocycles. The molecule has 3 aromatic rings. The molecule has 164 valence electrons. The summed E-state index contributed by atoms with van der Waals surface area (Å²) in [5.74, 6) is 0.271. The number of hydrogen-bond acceptors (Lipinski definition) is 5. The van der Waals surface area contributed by atoms with Crippen molar-refractivity contribution in [3.8, 4) is 11.8 Å². The number of anilines is 1. The summed E-state index contributed by atoms with van der Waals surface area (Å²) in [5, 5.41) is 3.03. The lowest BCUT2D eigenvalue weighted by Crippen LogP contribution is -2.59. The van der Waals surface area contributed by atoms with Gasteiger partial charge in [0.2, 0.25) is 5.91 Å². The summed E-state index contributed by atoms with van der Waals surface area (Å²) in [6, 6.07) is 16.5. The van der Waals surface area contributed by atoms with Gasteiger partial charge in [-0.05, 0) is 75.1 Å². The monoisotopic (exact) mass is 430 g/mol. The predicted octanol–water partition coefficient (Wildman–Crippen LogP) is 4.60. The average Bonchev–Trinajstić information content (AvgIpc) is 2.82. The molecule has 1 aliphatic rings. The second kappa shape index (κ2) is 9.18. The molecular weight excluding hydrogens is 404 g/mol. The summed E-state index contributed by atoms with van der Waals surface area (Å²) in [5.41, 5.74) is 1.18. The number of amides is 2. The molecule has 1 unspecified atom stereocenters. The van der Waals surface area contributed by atoms with Crippen LogP contribution in [0.2, 0.25) is 0 Å². The van der Waals surface area contributed by atoms with E-state index in [1.165, 1.54) is 0 Å². The Kier molecular flexibility index (Phi) is 6.16. The third-order valence-corrected chi connectivity index (χ3v) is 5.84. The van der Waals surface area contributed by atoms with E-state index >= 15 is 0 Å². The Bertz CT molecular complexity index is 1100. The summed E-state index contributed by atoms with van der Waals surface area (Å²) in [4.78, 5) is 36.4. The highest BCUT2D eigenvalue weighted by atomic mass is 16.5. The van der Waals surface area contributed by atoms with E-state index in [0.29, 0.717) is 30.0 Å². The molecule has 1 fully saturated rings. The Morgan fingerprint density at radius 1 is 1.03 bits per heavy atom. The normalized spacial score (nSPS) is 18.1. The van der Waals surface area contributed by atoms with Gasteiger partial charge in [-0.2, -0.15) is 0 Å². The van der Waals surface area contributed by atoms with Crippen LogP contribution in [-0.2, 0) is 4.79 Å². The minimum absolute atomic E-state index is 0.119. The SMILES string of the molecule is Cc1cc(Oc2ncccn2)ccc1NC(=O)C1(C)CCCCN1C(=O)c1ccccc1. The van der Waals surface area contributed by atoms with Gasteiger partial charge in [0.25, 0.3) is 5.91 Å². The van der Waals surface area contributed by atoms with E-state index in [9.17, 15) is 9.59 Å². The molecule has 7 heteroatoms. The lowest BCUT2D eigenvalue weighted by molar-refractivity contribution is -0.127. The first kappa shape index (κ1) is 21.5. The summed E-state index contributed by atoms with van der Waals surface area (Å²) >= 11 is 0. The molecule has 1 aliphatic heterocycles. The van der Waals surface area contributed by atoms with Gasteiger partial charge >= 0.3 is 6.01 Å². The fraction of sp³-hybridized carbons (Fsp3) is 0.280. The van der Waals surface area contributed by atoms with Crippen molar-refractivity contribution in [1.29, 1.82) is 0 Å². The fourth-order valence-electron chi connectivity index (χ4n) is 3.96. The molecule has 1 N–H and O–H groups in total. The second-order valence-corrected chi connectivity index (χ2v) is 8.12. The quantitative estimate of drug-likeness (QED) is 0.639. The number of benzene rings is 2. The molecule has 4 rings (SSSR count). The molecule has 7 nitrogen and oxygen atoms in total. The van der Waals surface area contributed by atoms with Crippen molar-refractivity contribution in [2.45, 2.75) is 38.6 Å². The van der Waals surface area contributed by atoms with E-state index in [1.54, 1.807) is 47.6 Å². The number of likely N-dealkylation sites (tertiary alicyclic amines) is 1. The number of aryl methyl sites for hydroxylation is 1. The van der Waals surface area contributed by atoms with Gasteiger partial charge in [0.1, 0.15) is 11.3 Å². The highest BCUT2D eigenvalue weighted by Gasteiger charge is 2.44. The fourth-order valence-corrected chi connectivity index (χ4v) is 3.96. The van der Waals surface area contributed by atoms with Crippen molar-refractivity contribution in [1.82, 2.24) is 14.9 Å². The van der Waals surface area contributed by atoms with Crippen LogP contribution in [0, 0.1) is 6.92 Å². The third kappa shape index (κ3) is 4.46. The molecule has 1 atom stereocenters. The smallest absolute Gasteiger partial charge is 0.321 e. The van der Waals surface area contributed by atoms with Crippen LogP contribution in [0.15, 0.2) is 67.0 Å². The number of hydrogen-bond donors (Lipinski definition) is 1. The van der Waals surface area contributed by atoms with Gasteiger partial charge in [-0.3, -0.25) is 9.59 Å². The molecule has 2 aromatic carbocycles. The molecule has 1 saturated heterocycles. The number of nitrogens with zero attached hydrogens (tertiary/aromatic N) is 3. The molecule has 2 amide bonds. The molecule has 32 heavy (non-hydrogen) atoms. The lowest BCUT2D eigenvalue weighted by atomic mass is 9.86. The van der Waals surface area contributed by atoms with Gasteiger partial charge in [-0.1, -0.05) is 18.2 Å². The molecule has 0 bridgehead atoms. The zero-order valence-electron chi connectivity index (χ0n) is 18.2. The van der Waals surface area contributed by atoms with Crippen molar-refractivity contribution in [3.63, 3.8) is 0 Å². The first-order valence-electron chi connectivity index (χ1n) is 10.7. The van der Waals surface area contributed by atoms with E-state index < -0.39 is 5.54 Å². The summed E-state index contributed by atoms with van der Waals surface area (Å²) in [6.45, 7) is 4.30. The molecule has 2 heterocycles. The van der Waals surface area contributed by atoms with Crippen LogP contribution in [0.25, 0.3) is 0 Å². The predicted molar refractivity (Wildman–Crippen MR) is 122 cm³/mol. The van der Waals surface area contributed by atoms with Crippen LogP contribution in [0.1, 0.15) is 42.1 Å². The Hall–Kier alpha value is -3.74. The van der Waals surface area contributed by atoms with Crippen LogP contribution in [0.4, 0.5) is 5.69 Å². The third-order valence-electron chi connectivity index (χ3n) is 5.84. The number of carbonyl (C=O) groups is 2. The van der Waals surface area contributed by atoms with Gasteiger partial charge in [0.05, 0.1) is 0 Å². The summed E-state index contributed by atoms with van der Waals surface area (Å²) in [7, 11) is 0. The van der Waals surface area contributed by atoms with Crippen LogP contribution in [-0.4, -0.2) is 38.8 Å². The Morgan fingerprint density at radius 3 is 2.50 bits per heavy atom. The van der Waals surface area contributed by atoms with Crippen LogP contribution < -0.4 is 10.1 Å². The standard InChI is InChI=1S/C25H26N4O3/c1-18-17-20(32-24-26-14-8-15-27-24)11-12-21(18)28-23(31)25(2)13-6-7-16-29(25)22(30)19-9-4-3-5-10-19/h3-5,8-12,14-15,17H,6-7,13,16H2,1-2H3,(H,28,31). The number of carbonyl (C=O) groups excluding carboxylic acids is 2. The number of ether oxygens (including phenoxy) is 1. The highest BCUT2D eigenvalue weighted by Crippen LogP contribution is 2.32. The average molecular weight is 431 g/mol. The zero-order valence-corrected chi connectivity index (χ0v) is 18.2. The van der Waals surface area contributed by atoms with Gasteiger partial charge in [0.15, 0.2) is 0 Å². The number of rotatable bonds is 5. The minimum atomic E-state index is -0.926. The van der Waals surface area contributed by atoms with E-state index in [1.807, 2.05) is 38.1 Å². The van der Waals surface area contributed by atoms with E-state index in [2.05, 4.69) is 15.3 Å². The van der Waals surface area contributed by atoms with E-state index in [-0.39, 0.29) is 17.8 Å². The minimum Gasteiger partial charge on any atom is -0.424 e. The Balaban J connectivity index is 1.52. The van der Waals surface area contributed by atoms with E-state index in [4.69, 9.17) is 4.74 Å². The largest absolute Gasteiger partial charge is 0.424 e. The topological polar surface area (TPSA) is 84.4 Å².